The van der Waals surface area contributed by atoms with Gasteiger partial charge < -0.3 is 0 Å². The average Bonchev–Trinajstić information content (AvgIpc) is 3.32. The van der Waals surface area contributed by atoms with Crippen LogP contribution >= 0.6 is 0 Å². The third-order valence-electron chi connectivity index (χ3n) is 4.88. The molecule has 25 heavy (non-hydrogen) atoms. The highest BCUT2D eigenvalue weighted by atomic mass is 16.2. The highest BCUT2D eigenvalue weighted by molar-refractivity contribution is 5.93. The van der Waals surface area contributed by atoms with Crippen molar-refractivity contribution in [2.75, 3.05) is 20.1 Å². The number of aromatic nitrogens is 2. The van der Waals surface area contributed by atoms with Gasteiger partial charge in [0.2, 0.25) is 0 Å². The third kappa shape index (κ3) is 3.15. The summed E-state index contributed by atoms with van der Waals surface area (Å²) in [5.74, 6) is 0.0537. The zero-order valence-corrected chi connectivity index (χ0v) is 14.4. The van der Waals surface area contributed by atoms with Gasteiger partial charge in [-0.25, -0.2) is 5.01 Å². The molecule has 128 valence electrons. The van der Waals surface area contributed by atoms with Crippen LogP contribution in [-0.4, -0.2) is 45.8 Å². The van der Waals surface area contributed by atoms with Crippen LogP contribution in [0.3, 0.4) is 0 Å². The van der Waals surface area contributed by atoms with Gasteiger partial charge in [-0.1, -0.05) is 30.3 Å². The van der Waals surface area contributed by atoms with E-state index >= 15 is 0 Å². The molecule has 4 rings (SSSR count). The van der Waals surface area contributed by atoms with E-state index < -0.39 is 0 Å². The van der Waals surface area contributed by atoms with Crippen LogP contribution in [0.4, 0.5) is 0 Å². The van der Waals surface area contributed by atoms with Gasteiger partial charge in [0.05, 0.1) is 18.3 Å². The normalized spacial score (nSPS) is 14.9. The molecule has 1 aliphatic heterocycles. The van der Waals surface area contributed by atoms with Crippen molar-refractivity contribution in [3.05, 3.63) is 65.9 Å². The Balaban J connectivity index is 1.49. The van der Waals surface area contributed by atoms with Crippen molar-refractivity contribution in [1.29, 1.82) is 0 Å². The predicted octanol–water partition coefficient (Wildman–Crippen LogP) is 3.17. The number of amides is 1. The lowest BCUT2D eigenvalue weighted by Crippen LogP contribution is -2.41. The van der Waals surface area contributed by atoms with E-state index in [0.29, 0.717) is 6.54 Å². The van der Waals surface area contributed by atoms with Crippen LogP contribution in [0.5, 0.6) is 0 Å². The summed E-state index contributed by atoms with van der Waals surface area (Å²) >= 11 is 0. The first-order chi connectivity index (χ1) is 12.2. The lowest BCUT2D eigenvalue weighted by molar-refractivity contribution is 0.0199. The van der Waals surface area contributed by atoms with Crippen LogP contribution < -0.4 is 0 Å². The first kappa shape index (κ1) is 15.8. The maximum absolute atomic E-state index is 12.6. The van der Waals surface area contributed by atoms with Crippen molar-refractivity contribution < 1.29 is 4.79 Å². The molecule has 1 aliphatic rings. The molecule has 5 nitrogen and oxygen atoms in total. The number of rotatable bonds is 4. The molecule has 2 aromatic carbocycles. The molecule has 1 amide bonds. The van der Waals surface area contributed by atoms with Gasteiger partial charge in [-0.05, 0) is 36.6 Å². The highest BCUT2D eigenvalue weighted by Gasteiger charge is 2.21. The second kappa shape index (κ2) is 6.69. The zero-order valence-electron chi connectivity index (χ0n) is 14.4. The first-order valence-corrected chi connectivity index (χ1v) is 8.75. The van der Waals surface area contributed by atoms with E-state index in [0.717, 1.165) is 48.0 Å². The zero-order chi connectivity index (χ0) is 17.2. The monoisotopic (exact) mass is 334 g/mol. The van der Waals surface area contributed by atoms with Crippen LogP contribution in [0, 0.1) is 0 Å². The van der Waals surface area contributed by atoms with E-state index in [2.05, 4.69) is 22.2 Å². The summed E-state index contributed by atoms with van der Waals surface area (Å²) < 4.78 is 1.99. The molecule has 1 saturated heterocycles. The predicted molar refractivity (Wildman–Crippen MR) is 98.2 cm³/mol. The third-order valence-corrected chi connectivity index (χ3v) is 4.88. The lowest BCUT2D eigenvalue weighted by Gasteiger charge is -2.27. The molecule has 0 N–H and O–H groups in total. The fourth-order valence-electron chi connectivity index (χ4n) is 3.39. The topological polar surface area (TPSA) is 41.4 Å². The summed E-state index contributed by atoms with van der Waals surface area (Å²) in [6.45, 7) is 2.63. The van der Waals surface area contributed by atoms with Crippen LogP contribution in [-0.2, 0) is 6.54 Å². The van der Waals surface area contributed by atoms with Gasteiger partial charge in [-0.2, -0.15) is 5.10 Å². The molecule has 2 heterocycles. The Morgan fingerprint density at radius 1 is 1.08 bits per heavy atom. The number of carbonyl (C=O) groups is 1. The van der Waals surface area contributed by atoms with Gasteiger partial charge >= 0.3 is 0 Å². The molecule has 0 spiro atoms. The Bertz CT molecular complexity index is 878. The minimum Gasteiger partial charge on any atom is -0.274 e. The molecule has 3 aromatic rings. The largest absolute Gasteiger partial charge is 0.274 e. The van der Waals surface area contributed by atoms with Gasteiger partial charge in [-0.3, -0.25) is 14.5 Å². The van der Waals surface area contributed by atoms with Gasteiger partial charge in [0.15, 0.2) is 0 Å². The van der Waals surface area contributed by atoms with Crippen molar-refractivity contribution in [3.8, 4) is 0 Å². The average molecular weight is 334 g/mol. The van der Waals surface area contributed by atoms with E-state index in [4.69, 9.17) is 0 Å². The fourth-order valence-corrected chi connectivity index (χ4v) is 3.39. The number of nitrogens with zero attached hydrogens (tertiary/aromatic N) is 4. The Hall–Kier alpha value is -2.66. The van der Waals surface area contributed by atoms with Crippen molar-refractivity contribution in [2.45, 2.75) is 19.4 Å². The van der Waals surface area contributed by atoms with Gasteiger partial charge in [-0.15, -0.1) is 0 Å². The van der Waals surface area contributed by atoms with Crippen molar-refractivity contribution in [3.63, 3.8) is 0 Å². The molecule has 5 heteroatoms. The Kier molecular flexibility index (Phi) is 4.24. The highest BCUT2D eigenvalue weighted by Crippen LogP contribution is 2.16. The molecule has 0 saturated carbocycles. The number of hydrazine groups is 1. The first-order valence-electron chi connectivity index (χ1n) is 8.75. The summed E-state index contributed by atoms with van der Waals surface area (Å²) in [5, 5.41) is 9.47. The molecule has 1 fully saturated rings. The Labute approximate surface area is 147 Å². The molecular weight excluding hydrogens is 312 g/mol. The second-order valence-corrected chi connectivity index (χ2v) is 6.55. The molecule has 0 atom stereocenters. The summed E-state index contributed by atoms with van der Waals surface area (Å²) in [6.07, 6.45) is 4.21. The molecular formula is C20H22N4O. The molecule has 1 aromatic heterocycles. The second-order valence-electron chi connectivity index (χ2n) is 6.55. The molecule has 0 unspecified atom stereocenters. The number of para-hydroxylation sites is 1. The van der Waals surface area contributed by atoms with E-state index in [9.17, 15) is 4.79 Å². The lowest BCUT2D eigenvalue weighted by atomic mass is 10.1. The number of hydrogen-bond acceptors (Lipinski definition) is 3. The number of benzene rings is 2. The smallest absolute Gasteiger partial charge is 0.267 e. The van der Waals surface area contributed by atoms with E-state index in [-0.39, 0.29) is 5.91 Å². The maximum atomic E-state index is 12.6. The quantitative estimate of drug-likeness (QED) is 0.736. The minimum absolute atomic E-state index is 0.0537. The maximum Gasteiger partial charge on any atom is 0.267 e. The standard InChI is InChI=1S/C20H22N4O/c1-22(23-12-4-5-13-23)20(25)17-10-8-16(9-11-17)15-24-19-7-3-2-6-18(19)14-21-24/h2-3,6-11,14H,4-5,12-13,15H2,1H3. The number of carbonyl (C=O) groups excluding carboxylic acids is 1. The van der Waals surface area contributed by atoms with Gasteiger partial charge in [0, 0.05) is 31.1 Å². The van der Waals surface area contributed by atoms with Crippen LogP contribution in [0.25, 0.3) is 10.9 Å². The Morgan fingerprint density at radius 3 is 2.56 bits per heavy atom. The number of fused-ring (bicyclic) bond motifs is 1. The summed E-state index contributed by atoms with van der Waals surface area (Å²) in [5.41, 5.74) is 2.98. The fraction of sp³-hybridized carbons (Fsp3) is 0.300. The SMILES string of the molecule is CN(C(=O)c1ccc(Cn2ncc3ccccc32)cc1)N1CCCC1. The van der Waals surface area contributed by atoms with Crippen molar-refractivity contribution in [1.82, 2.24) is 19.8 Å². The number of hydrogen-bond donors (Lipinski definition) is 0. The van der Waals surface area contributed by atoms with Crippen LogP contribution in [0.2, 0.25) is 0 Å². The summed E-state index contributed by atoms with van der Waals surface area (Å²) in [4.78, 5) is 12.6. The van der Waals surface area contributed by atoms with E-state index in [1.165, 1.54) is 0 Å². The van der Waals surface area contributed by atoms with Gasteiger partial charge in [0.1, 0.15) is 0 Å². The van der Waals surface area contributed by atoms with Crippen LogP contribution in [0.1, 0.15) is 28.8 Å². The van der Waals surface area contributed by atoms with Crippen LogP contribution in [0.15, 0.2) is 54.7 Å². The molecule has 0 radical (unpaired) electrons. The van der Waals surface area contributed by atoms with Crippen molar-refractivity contribution >= 4 is 16.8 Å². The summed E-state index contributed by atoms with van der Waals surface area (Å²) in [7, 11) is 1.86. The van der Waals surface area contributed by atoms with Gasteiger partial charge in [0.25, 0.3) is 5.91 Å². The van der Waals surface area contributed by atoms with E-state index in [1.807, 2.05) is 54.3 Å². The van der Waals surface area contributed by atoms with E-state index in [1.54, 1.807) is 5.01 Å². The summed E-state index contributed by atoms with van der Waals surface area (Å²) in [6, 6.07) is 16.0. The van der Waals surface area contributed by atoms with Crippen molar-refractivity contribution in [2.24, 2.45) is 0 Å². The Morgan fingerprint density at radius 2 is 1.80 bits per heavy atom. The molecule has 0 aliphatic carbocycles. The minimum atomic E-state index is 0.0537. The molecule has 0 bridgehead atoms.